The van der Waals surface area contributed by atoms with Crippen molar-refractivity contribution >= 4 is 5.97 Å². The summed E-state index contributed by atoms with van der Waals surface area (Å²) in [5.74, 6) is -0.321. The molecule has 9 heteroatoms. The largest absolute Gasteiger partial charge is 0.457 e. The molecule has 0 radical (unpaired) electrons. The van der Waals surface area contributed by atoms with Gasteiger partial charge < -0.3 is 39.4 Å². The van der Waals surface area contributed by atoms with Gasteiger partial charge in [-0.3, -0.25) is 4.79 Å². The lowest BCUT2D eigenvalue weighted by Crippen LogP contribution is -2.59. The van der Waals surface area contributed by atoms with Gasteiger partial charge in [-0.05, 0) is 77.0 Å². The molecule has 0 aromatic heterocycles. The summed E-state index contributed by atoms with van der Waals surface area (Å²) in [6.45, 7) is 4.46. The fourth-order valence-corrected chi connectivity index (χ4v) is 8.19. The maximum atomic E-state index is 12.9. The van der Waals surface area contributed by atoms with Crippen molar-refractivity contribution in [1.29, 1.82) is 0 Å². The Bertz CT molecular complexity index is 1200. The second-order valence-corrected chi connectivity index (χ2v) is 18.6. The molecule has 0 aromatic carbocycles. The van der Waals surface area contributed by atoms with Crippen molar-refractivity contribution in [3.63, 3.8) is 0 Å². The number of carbonyl (C=O) groups is 1. The maximum Gasteiger partial charge on any atom is 0.306 e. The van der Waals surface area contributed by atoms with E-state index < -0.39 is 43.4 Å². The van der Waals surface area contributed by atoms with Crippen molar-refractivity contribution in [3.05, 3.63) is 60.8 Å². The summed E-state index contributed by atoms with van der Waals surface area (Å²) in [7, 11) is 0. The SMILES string of the molecule is CC/C=C\C/C=C\C/C=C\C/C=C\CCCCCCCCCCC(=O)OC(COCCCCCCCCCCCC/C=C\CCCCCCCCCC)COC1OC(CO)C(O)C(O)C1O. The number of carbonyl (C=O) groups excluding carboxylic acids is 1. The van der Waals surface area contributed by atoms with Gasteiger partial charge in [-0.25, -0.2) is 0 Å². The molecule has 0 spiro atoms. The van der Waals surface area contributed by atoms with Crippen molar-refractivity contribution in [1.82, 2.24) is 0 Å². The van der Waals surface area contributed by atoms with E-state index in [1.807, 2.05) is 0 Å². The Balaban J connectivity index is 2.19. The van der Waals surface area contributed by atoms with Gasteiger partial charge in [0.15, 0.2) is 6.29 Å². The zero-order valence-corrected chi connectivity index (χ0v) is 42.4. The first-order valence-corrected chi connectivity index (χ1v) is 27.4. The molecule has 1 aliphatic heterocycles. The highest BCUT2D eigenvalue weighted by molar-refractivity contribution is 5.69. The van der Waals surface area contributed by atoms with Crippen LogP contribution in [0.2, 0.25) is 0 Å². The van der Waals surface area contributed by atoms with Gasteiger partial charge in [-0.2, -0.15) is 0 Å². The fourth-order valence-electron chi connectivity index (χ4n) is 8.19. The van der Waals surface area contributed by atoms with Crippen LogP contribution in [0.1, 0.15) is 232 Å². The van der Waals surface area contributed by atoms with E-state index in [1.54, 1.807) is 0 Å². The Hall–Kier alpha value is -2.11. The summed E-state index contributed by atoms with van der Waals surface area (Å²) in [4.78, 5) is 12.9. The highest BCUT2D eigenvalue weighted by Crippen LogP contribution is 2.23. The van der Waals surface area contributed by atoms with Crippen LogP contribution >= 0.6 is 0 Å². The third kappa shape index (κ3) is 37.8. The molecule has 0 saturated carbocycles. The molecule has 0 aromatic rings. The summed E-state index contributed by atoms with van der Waals surface area (Å²) in [5, 5.41) is 40.3. The van der Waals surface area contributed by atoms with Gasteiger partial charge in [0.05, 0.1) is 19.8 Å². The van der Waals surface area contributed by atoms with Crippen LogP contribution in [0.4, 0.5) is 0 Å². The summed E-state index contributed by atoms with van der Waals surface area (Å²) < 4.78 is 22.9. The number of unbranched alkanes of at least 4 members (excludes halogenated alkanes) is 26. The van der Waals surface area contributed by atoms with Gasteiger partial charge in [0.2, 0.25) is 0 Å². The quantitative estimate of drug-likeness (QED) is 0.0267. The third-order valence-electron chi connectivity index (χ3n) is 12.4. The number of ether oxygens (including phenoxy) is 4. The first-order valence-electron chi connectivity index (χ1n) is 27.4. The lowest BCUT2D eigenvalue weighted by Gasteiger charge is -2.39. The number of rotatable bonds is 47. The average Bonchev–Trinajstić information content (AvgIpc) is 3.32. The molecule has 9 nitrogen and oxygen atoms in total. The highest BCUT2D eigenvalue weighted by Gasteiger charge is 2.44. The van der Waals surface area contributed by atoms with E-state index in [4.69, 9.17) is 18.9 Å². The minimum Gasteiger partial charge on any atom is -0.457 e. The first kappa shape index (κ1) is 61.9. The summed E-state index contributed by atoms with van der Waals surface area (Å²) in [6.07, 6.45) is 55.4. The van der Waals surface area contributed by atoms with Gasteiger partial charge in [-0.1, -0.05) is 209 Å². The number of aliphatic hydroxyl groups is 4. The van der Waals surface area contributed by atoms with E-state index in [9.17, 15) is 25.2 Å². The number of hydrogen-bond acceptors (Lipinski definition) is 9. The van der Waals surface area contributed by atoms with Crippen LogP contribution in [0.15, 0.2) is 60.8 Å². The summed E-state index contributed by atoms with van der Waals surface area (Å²) in [5.41, 5.74) is 0. The Kier molecular flexibility index (Phi) is 45.0. The number of hydrogen-bond donors (Lipinski definition) is 4. The van der Waals surface area contributed by atoms with Gasteiger partial charge in [0.1, 0.15) is 30.5 Å². The van der Waals surface area contributed by atoms with Crippen LogP contribution in [0.5, 0.6) is 0 Å². The number of aliphatic hydroxyl groups excluding tert-OH is 4. The predicted molar refractivity (Wildman–Crippen MR) is 274 cm³/mol. The highest BCUT2D eigenvalue weighted by atomic mass is 16.7. The molecule has 6 atom stereocenters. The average molecular weight is 931 g/mol. The van der Waals surface area contributed by atoms with E-state index in [1.165, 1.54) is 148 Å². The van der Waals surface area contributed by atoms with Gasteiger partial charge in [0, 0.05) is 13.0 Å². The smallest absolute Gasteiger partial charge is 0.306 e. The molecule has 1 fully saturated rings. The second-order valence-electron chi connectivity index (χ2n) is 18.6. The molecule has 1 saturated heterocycles. The number of esters is 1. The lowest BCUT2D eigenvalue weighted by molar-refractivity contribution is -0.305. The fraction of sp³-hybridized carbons (Fsp3) is 0.807. The normalized spacial score (nSPS) is 19.8. The summed E-state index contributed by atoms with van der Waals surface area (Å²) >= 11 is 0. The Morgan fingerprint density at radius 2 is 0.924 bits per heavy atom. The molecule has 0 aliphatic carbocycles. The Morgan fingerprint density at radius 3 is 1.41 bits per heavy atom. The molecule has 384 valence electrons. The molecular weight excluding hydrogens is 829 g/mol. The monoisotopic (exact) mass is 931 g/mol. The van der Waals surface area contributed by atoms with E-state index >= 15 is 0 Å². The minimum atomic E-state index is -1.54. The van der Waals surface area contributed by atoms with Crippen LogP contribution < -0.4 is 0 Å². The van der Waals surface area contributed by atoms with Crippen LogP contribution in [0.3, 0.4) is 0 Å². The molecule has 0 bridgehead atoms. The zero-order chi connectivity index (χ0) is 47.8. The van der Waals surface area contributed by atoms with Crippen LogP contribution in [-0.2, 0) is 23.7 Å². The van der Waals surface area contributed by atoms with Gasteiger partial charge in [-0.15, -0.1) is 0 Å². The molecule has 1 heterocycles. The van der Waals surface area contributed by atoms with Crippen LogP contribution in [0.25, 0.3) is 0 Å². The van der Waals surface area contributed by atoms with Crippen molar-refractivity contribution in [2.45, 2.75) is 269 Å². The van der Waals surface area contributed by atoms with Gasteiger partial charge in [0.25, 0.3) is 0 Å². The van der Waals surface area contributed by atoms with E-state index in [0.717, 1.165) is 64.2 Å². The van der Waals surface area contributed by atoms with E-state index in [-0.39, 0.29) is 19.2 Å². The van der Waals surface area contributed by atoms with Crippen molar-refractivity contribution in [3.8, 4) is 0 Å². The lowest BCUT2D eigenvalue weighted by atomic mass is 9.99. The second kappa shape index (κ2) is 47.9. The van der Waals surface area contributed by atoms with E-state index in [0.29, 0.717) is 13.0 Å². The van der Waals surface area contributed by atoms with Crippen LogP contribution in [-0.4, -0.2) is 89.6 Å². The molecular formula is C57H102O9. The van der Waals surface area contributed by atoms with Crippen molar-refractivity contribution in [2.75, 3.05) is 26.4 Å². The Morgan fingerprint density at radius 1 is 0.500 bits per heavy atom. The molecule has 0 amide bonds. The zero-order valence-electron chi connectivity index (χ0n) is 42.4. The topological polar surface area (TPSA) is 135 Å². The standard InChI is InChI=1S/C57H102O9/c1-3-5-7-9-11-13-15-17-19-21-23-25-27-29-31-33-35-37-39-41-43-45-47-63-49-51(50-64-57-56(62)55(61)54(60)52(48-58)66-57)65-53(59)46-44-42-40-38-36-34-32-30-28-26-24-22-20-18-16-14-12-10-8-6-4-2/h6,8,12,14,18,20-21,23-24,26,51-52,54-58,60-62H,3-5,7,9-11,13,15-17,19,22,25,27-50H2,1-2H3/b8-6-,14-12-,20-18-,23-21-,26-24-. The summed E-state index contributed by atoms with van der Waals surface area (Å²) in [6, 6.07) is 0. The van der Waals surface area contributed by atoms with Crippen molar-refractivity contribution < 1.29 is 44.2 Å². The molecule has 1 rings (SSSR count). The minimum absolute atomic E-state index is 0.118. The maximum absolute atomic E-state index is 12.9. The number of allylic oxidation sites excluding steroid dienone is 10. The predicted octanol–water partition coefficient (Wildman–Crippen LogP) is 13.8. The third-order valence-corrected chi connectivity index (χ3v) is 12.4. The van der Waals surface area contributed by atoms with Crippen molar-refractivity contribution in [2.24, 2.45) is 0 Å². The molecule has 66 heavy (non-hydrogen) atoms. The molecule has 4 N–H and O–H groups in total. The van der Waals surface area contributed by atoms with Gasteiger partial charge >= 0.3 is 5.97 Å². The molecule has 1 aliphatic rings. The Labute approximate surface area is 405 Å². The first-order chi connectivity index (χ1) is 32.4. The molecule has 6 unspecified atom stereocenters. The van der Waals surface area contributed by atoms with Crippen LogP contribution in [0, 0.1) is 0 Å². The van der Waals surface area contributed by atoms with E-state index in [2.05, 4.69) is 74.6 Å².